The summed E-state index contributed by atoms with van der Waals surface area (Å²) in [7, 11) is 0. The zero-order valence-corrected chi connectivity index (χ0v) is 31.4. The van der Waals surface area contributed by atoms with E-state index in [1.54, 1.807) is 6.08 Å². The van der Waals surface area contributed by atoms with E-state index in [-0.39, 0.29) is 12.5 Å². The molecule has 1 amide bonds. The van der Waals surface area contributed by atoms with Gasteiger partial charge in [0.25, 0.3) is 0 Å². The molecule has 1 saturated heterocycles. The van der Waals surface area contributed by atoms with Gasteiger partial charge in [-0.1, -0.05) is 140 Å². The second kappa shape index (κ2) is 31.9. The number of hydrogen-bond acceptors (Lipinski definition) is 8. The second-order valence-electron chi connectivity index (χ2n) is 13.7. The van der Waals surface area contributed by atoms with Gasteiger partial charge >= 0.3 is 0 Å². The number of ether oxygens (including phenoxy) is 2. The molecule has 0 spiro atoms. The summed E-state index contributed by atoms with van der Waals surface area (Å²) in [6, 6.07) is -0.812. The fourth-order valence-corrected chi connectivity index (χ4v) is 5.93. The van der Waals surface area contributed by atoms with Crippen molar-refractivity contribution in [1.29, 1.82) is 0 Å². The summed E-state index contributed by atoms with van der Waals surface area (Å²) in [5.74, 6) is -0.198. The number of nitrogens with one attached hydrogen (secondary N) is 1. The van der Waals surface area contributed by atoms with Crippen molar-refractivity contribution in [3.05, 3.63) is 48.6 Å². The number of aliphatic hydroxyl groups excluding tert-OH is 5. The molecule has 290 valence electrons. The summed E-state index contributed by atoms with van der Waals surface area (Å²) in [6.45, 7) is 3.61. The Morgan fingerprint density at radius 2 is 1.24 bits per heavy atom. The van der Waals surface area contributed by atoms with Crippen LogP contribution < -0.4 is 5.32 Å². The number of carbonyl (C=O) groups excluding carboxylic acids is 1. The van der Waals surface area contributed by atoms with Gasteiger partial charge in [0, 0.05) is 6.42 Å². The van der Waals surface area contributed by atoms with Crippen LogP contribution in [-0.4, -0.2) is 87.5 Å². The van der Waals surface area contributed by atoms with Crippen molar-refractivity contribution >= 4 is 5.91 Å². The number of hydrogen-bond donors (Lipinski definition) is 6. The first-order valence-electron chi connectivity index (χ1n) is 19.9. The van der Waals surface area contributed by atoms with Crippen molar-refractivity contribution in [2.24, 2.45) is 0 Å². The van der Waals surface area contributed by atoms with Gasteiger partial charge in [-0.15, -0.1) is 0 Å². The number of aliphatic hydroxyl groups is 5. The fraction of sp³-hybridized carbons (Fsp3) is 0.780. The molecule has 1 aliphatic rings. The predicted molar refractivity (Wildman–Crippen MR) is 203 cm³/mol. The van der Waals surface area contributed by atoms with Crippen LogP contribution in [0.15, 0.2) is 48.6 Å². The van der Waals surface area contributed by atoms with Crippen molar-refractivity contribution in [3.8, 4) is 0 Å². The lowest BCUT2D eigenvalue weighted by Crippen LogP contribution is -2.60. The molecule has 0 aromatic heterocycles. The van der Waals surface area contributed by atoms with E-state index < -0.39 is 49.5 Å². The molecular formula is C41H73NO8. The third-order valence-corrected chi connectivity index (χ3v) is 9.16. The summed E-state index contributed by atoms with van der Waals surface area (Å²) >= 11 is 0. The molecular weight excluding hydrogens is 634 g/mol. The first-order chi connectivity index (χ1) is 24.3. The number of carbonyl (C=O) groups is 1. The Morgan fingerprint density at radius 3 is 1.84 bits per heavy atom. The van der Waals surface area contributed by atoms with Gasteiger partial charge in [0.2, 0.25) is 5.91 Å². The highest BCUT2D eigenvalue weighted by atomic mass is 16.7. The summed E-state index contributed by atoms with van der Waals surface area (Å²) in [5.41, 5.74) is 0. The maximum absolute atomic E-state index is 12.9. The lowest BCUT2D eigenvalue weighted by Gasteiger charge is -2.40. The SMILES string of the molecule is CC/C=C\C/C=C\C/C=C\CCCCCCCC(=O)NC(COC1OC(CO)C(O)C(O)C1O)C(O)/C=C/CCCCCCCCCCCC. The molecule has 1 fully saturated rings. The Bertz CT molecular complexity index is 920. The second-order valence-corrected chi connectivity index (χ2v) is 13.7. The molecule has 0 aliphatic carbocycles. The summed E-state index contributed by atoms with van der Waals surface area (Å²) < 4.78 is 11.1. The molecule has 1 heterocycles. The van der Waals surface area contributed by atoms with Crippen LogP contribution in [0.4, 0.5) is 0 Å². The molecule has 7 unspecified atom stereocenters. The average molecular weight is 708 g/mol. The van der Waals surface area contributed by atoms with Crippen LogP contribution in [0.3, 0.4) is 0 Å². The van der Waals surface area contributed by atoms with E-state index in [1.165, 1.54) is 51.4 Å². The van der Waals surface area contributed by atoms with Gasteiger partial charge in [0.15, 0.2) is 6.29 Å². The Kier molecular flexibility index (Phi) is 29.4. The van der Waals surface area contributed by atoms with Crippen LogP contribution >= 0.6 is 0 Å². The van der Waals surface area contributed by atoms with Crippen LogP contribution in [0.25, 0.3) is 0 Å². The maximum Gasteiger partial charge on any atom is 0.220 e. The van der Waals surface area contributed by atoms with Gasteiger partial charge in [-0.05, 0) is 51.4 Å². The first kappa shape index (κ1) is 46.2. The van der Waals surface area contributed by atoms with Crippen LogP contribution in [0.1, 0.15) is 149 Å². The van der Waals surface area contributed by atoms with Crippen LogP contribution in [0.2, 0.25) is 0 Å². The summed E-state index contributed by atoms with van der Waals surface area (Å²) in [5, 5.41) is 53.9. The number of allylic oxidation sites excluding steroid dienone is 7. The summed E-state index contributed by atoms with van der Waals surface area (Å²) in [6.07, 6.45) is 31.5. The first-order valence-corrected chi connectivity index (χ1v) is 19.9. The van der Waals surface area contributed by atoms with Crippen LogP contribution in [-0.2, 0) is 14.3 Å². The number of unbranched alkanes of at least 4 members (excludes halogenated alkanes) is 15. The molecule has 9 nitrogen and oxygen atoms in total. The average Bonchev–Trinajstić information content (AvgIpc) is 3.11. The van der Waals surface area contributed by atoms with Crippen molar-refractivity contribution in [2.75, 3.05) is 13.2 Å². The molecule has 1 aliphatic heterocycles. The molecule has 0 aromatic carbocycles. The molecule has 0 radical (unpaired) electrons. The minimum absolute atomic E-state index is 0.197. The molecule has 50 heavy (non-hydrogen) atoms. The van der Waals surface area contributed by atoms with E-state index in [0.29, 0.717) is 6.42 Å². The van der Waals surface area contributed by atoms with Gasteiger partial charge in [-0.25, -0.2) is 0 Å². The quantitative estimate of drug-likeness (QED) is 0.0330. The van der Waals surface area contributed by atoms with E-state index in [1.807, 2.05) is 6.08 Å². The number of amides is 1. The van der Waals surface area contributed by atoms with E-state index in [2.05, 4.69) is 55.6 Å². The Hall–Kier alpha value is -1.85. The smallest absolute Gasteiger partial charge is 0.220 e. The van der Waals surface area contributed by atoms with Gasteiger partial charge in [0.05, 0.1) is 25.4 Å². The van der Waals surface area contributed by atoms with Crippen molar-refractivity contribution in [1.82, 2.24) is 5.32 Å². The fourth-order valence-electron chi connectivity index (χ4n) is 5.93. The summed E-state index contributed by atoms with van der Waals surface area (Å²) in [4.78, 5) is 12.9. The van der Waals surface area contributed by atoms with E-state index >= 15 is 0 Å². The van der Waals surface area contributed by atoms with Crippen molar-refractivity contribution in [2.45, 2.75) is 192 Å². The monoisotopic (exact) mass is 708 g/mol. The van der Waals surface area contributed by atoms with E-state index in [0.717, 1.165) is 77.0 Å². The Morgan fingerprint density at radius 1 is 0.700 bits per heavy atom. The minimum atomic E-state index is -1.57. The van der Waals surface area contributed by atoms with Crippen LogP contribution in [0.5, 0.6) is 0 Å². The van der Waals surface area contributed by atoms with Crippen LogP contribution in [0, 0.1) is 0 Å². The lowest BCUT2D eigenvalue weighted by molar-refractivity contribution is -0.302. The third kappa shape index (κ3) is 22.9. The standard InChI is InChI=1S/C41H73NO8/c1-3-5-7-9-11-13-15-17-18-19-21-23-25-27-29-31-37(45)42-34(33-49-41-40(48)39(47)38(46)36(32-43)50-41)35(44)30-28-26-24-22-20-16-14-12-10-8-6-4-2/h5,7,11,13,17-18,28,30,34-36,38-41,43-44,46-48H,3-4,6,8-10,12,14-16,19-27,29,31-33H2,1-2H3,(H,42,45)/b7-5-,13-11-,18-17-,30-28+. The highest BCUT2D eigenvalue weighted by molar-refractivity contribution is 5.76. The normalized spacial score (nSPS) is 22.7. The molecule has 6 N–H and O–H groups in total. The number of rotatable bonds is 31. The Balaban J connectivity index is 2.46. The third-order valence-electron chi connectivity index (χ3n) is 9.16. The molecule has 0 aromatic rings. The van der Waals surface area contributed by atoms with Gasteiger partial charge in [0.1, 0.15) is 24.4 Å². The topological polar surface area (TPSA) is 149 Å². The predicted octanol–water partition coefficient (Wildman–Crippen LogP) is 7.11. The molecule has 9 heteroatoms. The van der Waals surface area contributed by atoms with E-state index in [4.69, 9.17) is 9.47 Å². The zero-order chi connectivity index (χ0) is 36.7. The molecule has 0 bridgehead atoms. The van der Waals surface area contributed by atoms with Crippen molar-refractivity contribution < 1.29 is 39.8 Å². The highest BCUT2D eigenvalue weighted by Crippen LogP contribution is 2.22. The molecule has 7 atom stereocenters. The largest absolute Gasteiger partial charge is 0.394 e. The zero-order valence-electron chi connectivity index (χ0n) is 31.4. The lowest BCUT2D eigenvalue weighted by atomic mass is 9.99. The molecule has 1 rings (SSSR count). The molecule has 0 saturated carbocycles. The van der Waals surface area contributed by atoms with E-state index in [9.17, 15) is 30.3 Å². The Labute approximate surface area is 303 Å². The van der Waals surface area contributed by atoms with Crippen molar-refractivity contribution in [3.63, 3.8) is 0 Å². The van der Waals surface area contributed by atoms with Gasteiger partial charge in [-0.2, -0.15) is 0 Å². The minimum Gasteiger partial charge on any atom is -0.394 e. The van der Waals surface area contributed by atoms with Gasteiger partial charge < -0.3 is 40.3 Å². The maximum atomic E-state index is 12.9. The highest BCUT2D eigenvalue weighted by Gasteiger charge is 2.44. The van der Waals surface area contributed by atoms with Gasteiger partial charge in [-0.3, -0.25) is 4.79 Å².